The van der Waals surface area contributed by atoms with Gasteiger partial charge < -0.3 is 10.1 Å². The van der Waals surface area contributed by atoms with Gasteiger partial charge in [-0.25, -0.2) is 0 Å². The molecular weight excluding hydrogens is 322 g/mol. The van der Waals surface area contributed by atoms with Gasteiger partial charge in [-0.1, -0.05) is 43.3 Å². The van der Waals surface area contributed by atoms with E-state index in [4.69, 9.17) is 4.74 Å². The van der Waals surface area contributed by atoms with Crippen molar-refractivity contribution in [2.75, 3.05) is 13.1 Å². The van der Waals surface area contributed by atoms with E-state index in [9.17, 15) is 4.79 Å². The number of para-hydroxylation sites is 2. The van der Waals surface area contributed by atoms with Crippen molar-refractivity contribution >= 4 is 18.2 Å². The van der Waals surface area contributed by atoms with Crippen molar-refractivity contribution in [3.63, 3.8) is 0 Å². The Hall–Kier alpha value is -1.84. The van der Waals surface area contributed by atoms with Crippen molar-refractivity contribution < 1.29 is 9.53 Å². The van der Waals surface area contributed by atoms with Gasteiger partial charge in [0.05, 0.1) is 5.41 Å². The summed E-state index contributed by atoms with van der Waals surface area (Å²) >= 11 is 0. The molecule has 0 aromatic heterocycles. The molecule has 0 aliphatic carbocycles. The number of hydrogen-bond acceptors (Lipinski definition) is 3. The summed E-state index contributed by atoms with van der Waals surface area (Å²) in [5.41, 5.74) is 0.600. The second-order valence-corrected chi connectivity index (χ2v) is 6.02. The number of nitrogens with one attached hydrogen (secondary N) is 1. The van der Waals surface area contributed by atoms with E-state index in [-0.39, 0.29) is 12.4 Å². The van der Waals surface area contributed by atoms with Crippen LogP contribution >= 0.6 is 12.4 Å². The topological polar surface area (TPSA) is 38.3 Å². The van der Waals surface area contributed by atoms with Crippen LogP contribution in [0.3, 0.4) is 0 Å². The Morgan fingerprint density at radius 2 is 1.67 bits per heavy atom. The summed E-state index contributed by atoms with van der Waals surface area (Å²) in [5, 5.41) is 3.36. The number of halogens is 1. The quantitative estimate of drug-likeness (QED) is 0.867. The molecule has 1 saturated heterocycles. The Balaban J connectivity index is 0.00000208. The largest absolute Gasteiger partial charge is 0.457 e. The molecule has 1 aliphatic heterocycles. The van der Waals surface area contributed by atoms with Crippen LogP contribution in [0.4, 0.5) is 0 Å². The summed E-state index contributed by atoms with van der Waals surface area (Å²) in [7, 11) is 0. The highest BCUT2D eigenvalue weighted by Crippen LogP contribution is 2.41. The molecule has 4 heteroatoms. The summed E-state index contributed by atoms with van der Waals surface area (Å²) in [6, 6.07) is 17.7. The summed E-state index contributed by atoms with van der Waals surface area (Å²) < 4.78 is 6.11. The molecule has 0 amide bonds. The molecule has 0 spiro atoms. The number of piperidine rings is 1. The number of ketones is 1. The van der Waals surface area contributed by atoms with Crippen LogP contribution in [-0.4, -0.2) is 18.9 Å². The van der Waals surface area contributed by atoms with E-state index >= 15 is 0 Å². The normalized spacial score (nSPS) is 16.0. The molecule has 3 rings (SSSR count). The third kappa shape index (κ3) is 3.63. The Morgan fingerprint density at radius 3 is 2.33 bits per heavy atom. The lowest BCUT2D eigenvalue weighted by molar-refractivity contribution is -0.125. The number of rotatable bonds is 5. The fourth-order valence-electron chi connectivity index (χ4n) is 3.46. The molecule has 2 aromatic carbocycles. The SMILES string of the molecule is CCC(=O)C1(c2ccccc2Oc2ccccc2)CCNCC1.Cl. The van der Waals surface area contributed by atoms with Crippen molar-refractivity contribution in [3.05, 3.63) is 60.2 Å². The Bertz CT molecular complexity index is 666. The van der Waals surface area contributed by atoms with E-state index in [0.29, 0.717) is 12.2 Å². The molecule has 0 atom stereocenters. The van der Waals surface area contributed by atoms with Gasteiger partial charge in [0.15, 0.2) is 0 Å². The molecule has 1 fully saturated rings. The molecule has 0 saturated carbocycles. The molecule has 24 heavy (non-hydrogen) atoms. The van der Waals surface area contributed by atoms with Gasteiger partial charge in [0.1, 0.15) is 17.3 Å². The number of carbonyl (C=O) groups excluding carboxylic acids is 1. The van der Waals surface area contributed by atoms with E-state index in [1.165, 1.54) is 0 Å². The van der Waals surface area contributed by atoms with Crippen LogP contribution in [0, 0.1) is 0 Å². The van der Waals surface area contributed by atoms with Crippen molar-refractivity contribution in [1.29, 1.82) is 0 Å². The lowest BCUT2D eigenvalue weighted by atomic mass is 9.69. The minimum atomic E-state index is -0.425. The van der Waals surface area contributed by atoms with Gasteiger partial charge in [-0.3, -0.25) is 4.79 Å². The third-order valence-electron chi connectivity index (χ3n) is 4.69. The van der Waals surface area contributed by atoms with Crippen LogP contribution in [0.15, 0.2) is 54.6 Å². The van der Waals surface area contributed by atoms with Crippen LogP contribution < -0.4 is 10.1 Å². The Morgan fingerprint density at radius 1 is 1.04 bits per heavy atom. The van der Waals surface area contributed by atoms with Crippen LogP contribution in [0.1, 0.15) is 31.7 Å². The van der Waals surface area contributed by atoms with E-state index < -0.39 is 5.41 Å². The molecule has 0 radical (unpaired) electrons. The first-order chi connectivity index (χ1) is 11.3. The molecule has 128 valence electrons. The van der Waals surface area contributed by atoms with Crippen molar-refractivity contribution in [1.82, 2.24) is 5.32 Å². The van der Waals surface area contributed by atoms with E-state index in [1.54, 1.807) is 0 Å². The third-order valence-corrected chi connectivity index (χ3v) is 4.69. The van der Waals surface area contributed by atoms with Crippen molar-refractivity contribution in [3.8, 4) is 11.5 Å². The minimum Gasteiger partial charge on any atom is -0.457 e. The summed E-state index contributed by atoms with van der Waals surface area (Å²) in [6.07, 6.45) is 2.21. The monoisotopic (exact) mass is 345 g/mol. The molecule has 1 N–H and O–H groups in total. The zero-order valence-corrected chi connectivity index (χ0v) is 14.8. The summed E-state index contributed by atoms with van der Waals surface area (Å²) in [6.45, 7) is 3.68. The highest BCUT2D eigenvalue weighted by atomic mass is 35.5. The predicted molar refractivity (Wildman–Crippen MR) is 99.3 cm³/mol. The predicted octanol–water partition coefficient (Wildman–Crippen LogP) is 4.50. The van der Waals surface area contributed by atoms with Crippen LogP contribution in [-0.2, 0) is 10.2 Å². The smallest absolute Gasteiger partial charge is 0.143 e. The first-order valence-corrected chi connectivity index (χ1v) is 8.33. The molecule has 2 aromatic rings. The second kappa shape index (κ2) is 8.32. The molecule has 3 nitrogen and oxygen atoms in total. The number of hydrogen-bond donors (Lipinski definition) is 1. The first kappa shape index (κ1) is 18.5. The lowest BCUT2D eigenvalue weighted by Crippen LogP contribution is -2.45. The van der Waals surface area contributed by atoms with E-state index in [0.717, 1.165) is 43.0 Å². The summed E-state index contributed by atoms with van der Waals surface area (Å²) in [4.78, 5) is 12.8. The molecule has 1 heterocycles. The fourth-order valence-corrected chi connectivity index (χ4v) is 3.46. The molecule has 0 bridgehead atoms. The average Bonchev–Trinajstić information content (AvgIpc) is 2.63. The maximum atomic E-state index is 12.8. The van der Waals surface area contributed by atoms with Crippen molar-refractivity contribution in [2.24, 2.45) is 0 Å². The van der Waals surface area contributed by atoms with Gasteiger partial charge in [0.25, 0.3) is 0 Å². The van der Waals surface area contributed by atoms with Gasteiger partial charge in [-0.05, 0) is 44.1 Å². The number of carbonyl (C=O) groups is 1. The van der Waals surface area contributed by atoms with Crippen molar-refractivity contribution in [2.45, 2.75) is 31.6 Å². The first-order valence-electron chi connectivity index (χ1n) is 8.33. The highest BCUT2D eigenvalue weighted by molar-refractivity contribution is 5.91. The fraction of sp³-hybridized carbons (Fsp3) is 0.350. The highest BCUT2D eigenvalue weighted by Gasteiger charge is 2.41. The maximum Gasteiger partial charge on any atom is 0.143 e. The number of Topliss-reactive ketones (excluding diaryl/α,β-unsaturated/α-hetero) is 1. The van der Waals surface area contributed by atoms with Crippen LogP contribution in [0.2, 0.25) is 0 Å². The number of ether oxygens (including phenoxy) is 1. The standard InChI is InChI=1S/C20H23NO2.ClH/c1-2-19(22)20(12-14-21-15-13-20)17-10-6-7-11-18(17)23-16-8-4-3-5-9-16;/h3-11,21H,2,12-15H2,1H3;1H. The zero-order chi connectivity index (χ0) is 16.1. The molecule has 0 unspecified atom stereocenters. The van der Waals surface area contributed by atoms with Crippen LogP contribution in [0.25, 0.3) is 0 Å². The van der Waals surface area contributed by atoms with E-state index in [1.807, 2.05) is 55.5 Å². The van der Waals surface area contributed by atoms with Gasteiger partial charge in [0, 0.05) is 12.0 Å². The summed E-state index contributed by atoms with van der Waals surface area (Å²) in [5.74, 6) is 1.90. The average molecular weight is 346 g/mol. The maximum absolute atomic E-state index is 12.8. The number of benzene rings is 2. The molecule has 1 aliphatic rings. The van der Waals surface area contributed by atoms with Crippen LogP contribution in [0.5, 0.6) is 11.5 Å². The van der Waals surface area contributed by atoms with Gasteiger partial charge in [-0.15, -0.1) is 12.4 Å². The Kier molecular flexibility index (Phi) is 6.41. The lowest BCUT2D eigenvalue weighted by Gasteiger charge is -2.37. The Labute approximate surface area is 149 Å². The van der Waals surface area contributed by atoms with Gasteiger partial charge in [0.2, 0.25) is 0 Å². The second-order valence-electron chi connectivity index (χ2n) is 6.02. The molecular formula is C20H24ClNO2. The minimum absolute atomic E-state index is 0. The zero-order valence-electron chi connectivity index (χ0n) is 14.0. The van der Waals surface area contributed by atoms with Gasteiger partial charge in [-0.2, -0.15) is 0 Å². The van der Waals surface area contributed by atoms with E-state index in [2.05, 4.69) is 11.4 Å². The van der Waals surface area contributed by atoms with Gasteiger partial charge >= 0.3 is 0 Å².